The second kappa shape index (κ2) is 5.81. The van der Waals surface area contributed by atoms with Crippen LogP contribution < -0.4 is 5.43 Å². The van der Waals surface area contributed by atoms with Crippen LogP contribution in [0.3, 0.4) is 0 Å². The number of aromatic nitrogens is 3. The number of benzene rings is 2. The molecular weight excluding hydrogens is 326 g/mol. The van der Waals surface area contributed by atoms with Crippen molar-refractivity contribution in [3.05, 3.63) is 75.7 Å². The van der Waals surface area contributed by atoms with Crippen molar-refractivity contribution in [1.29, 1.82) is 0 Å². The van der Waals surface area contributed by atoms with Gasteiger partial charge in [0.2, 0.25) is 0 Å². The van der Waals surface area contributed by atoms with Crippen molar-refractivity contribution in [2.75, 3.05) is 0 Å². The van der Waals surface area contributed by atoms with Crippen LogP contribution in [0, 0.1) is 0 Å². The van der Waals surface area contributed by atoms with Gasteiger partial charge in [-0.05, 0) is 29.2 Å². The Morgan fingerprint density at radius 1 is 1.08 bits per heavy atom. The van der Waals surface area contributed by atoms with Crippen LogP contribution in [0.4, 0.5) is 0 Å². The summed E-state index contributed by atoms with van der Waals surface area (Å²) in [7, 11) is 0. The van der Waals surface area contributed by atoms with Gasteiger partial charge in [-0.25, -0.2) is 0 Å². The van der Waals surface area contributed by atoms with Crippen molar-refractivity contribution in [2.24, 2.45) is 0 Å². The van der Waals surface area contributed by atoms with Gasteiger partial charge in [-0.15, -0.1) is 0 Å². The lowest BCUT2D eigenvalue weighted by Crippen LogP contribution is -2.27. The minimum atomic E-state index is -0.260. The number of hydrogen-bond donors (Lipinski definition) is 3. The summed E-state index contributed by atoms with van der Waals surface area (Å²) in [5, 5.41) is 19.8. The summed E-state index contributed by atoms with van der Waals surface area (Å²) in [6, 6.07) is 16.3. The monoisotopic (exact) mass is 345 g/mol. The molecule has 2 heterocycles. The third-order valence-corrected chi connectivity index (χ3v) is 5.35. The smallest absolute Gasteiger partial charge is 0.193 e. The molecule has 130 valence electrons. The van der Waals surface area contributed by atoms with Crippen molar-refractivity contribution in [2.45, 2.75) is 31.3 Å². The minimum absolute atomic E-state index is 0.0142. The zero-order valence-electron chi connectivity index (χ0n) is 14.2. The molecule has 0 unspecified atom stereocenters. The second-order valence-corrected chi connectivity index (χ2v) is 7.20. The lowest BCUT2D eigenvalue weighted by atomic mass is 9.79. The van der Waals surface area contributed by atoms with Crippen LogP contribution in [0.1, 0.15) is 35.7 Å². The Hall–Kier alpha value is -2.92. The highest BCUT2D eigenvalue weighted by molar-refractivity contribution is 5.83. The maximum Gasteiger partial charge on any atom is 0.193 e. The number of aliphatic hydroxyl groups excluding tert-OH is 1. The predicted molar refractivity (Wildman–Crippen MR) is 101 cm³/mol. The fourth-order valence-corrected chi connectivity index (χ4v) is 3.90. The van der Waals surface area contributed by atoms with E-state index >= 15 is 0 Å². The summed E-state index contributed by atoms with van der Waals surface area (Å²) in [6.45, 7) is 0. The highest BCUT2D eigenvalue weighted by Crippen LogP contribution is 2.37. The van der Waals surface area contributed by atoms with Crippen LogP contribution in [-0.2, 0) is 6.42 Å². The maximum absolute atomic E-state index is 12.7. The van der Waals surface area contributed by atoms with E-state index in [0.29, 0.717) is 30.3 Å². The average Bonchev–Trinajstić information content (AvgIpc) is 3.03. The number of pyridine rings is 1. The summed E-state index contributed by atoms with van der Waals surface area (Å²) in [4.78, 5) is 16.0. The fraction of sp³-hybridized carbons (Fsp3) is 0.238. The quantitative estimate of drug-likeness (QED) is 0.533. The molecule has 4 aromatic rings. The van der Waals surface area contributed by atoms with E-state index in [1.807, 2.05) is 12.1 Å². The highest BCUT2D eigenvalue weighted by Gasteiger charge is 2.32. The molecule has 26 heavy (non-hydrogen) atoms. The summed E-state index contributed by atoms with van der Waals surface area (Å²) < 4.78 is 0. The molecule has 0 aliphatic heterocycles. The molecule has 2 aromatic heterocycles. The standard InChI is InChI=1S/C21H19N3O2/c25-17-9-15(10-17)20-19-18(26)11-16(22-21(19)24-23-20)8-12-5-6-13-3-1-2-4-14(13)7-12/h1-7,11,15,17,25H,8-10H2,(H2,22,23,24,26). The van der Waals surface area contributed by atoms with Crippen molar-refractivity contribution in [3.8, 4) is 0 Å². The first kappa shape index (κ1) is 15.3. The lowest BCUT2D eigenvalue weighted by molar-refractivity contribution is 0.0736. The van der Waals surface area contributed by atoms with Crippen LogP contribution >= 0.6 is 0 Å². The maximum atomic E-state index is 12.7. The number of aliphatic hydroxyl groups is 1. The number of fused-ring (bicyclic) bond motifs is 2. The Morgan fingerprint density at radius 3 is 2.69 bits per heavy atom. The van der Waals surface area contributed by atoms with Gasteiger partial charge in [0.05, 0.1) is 17.2 Å². The van der Waals surface area contributed by atoms with E-state index in [2.05, 4.69) is 45.5 Å². The number of nitrogens with one attached hydrogen (secondary N) is 2. The minimum Gasteiger partial charge on any atom is -0.393 e. The second-order valence-electron chi connectivity index (χ2n) is 7.20. The molecular formula is C21H19N3O2. The first-order valence-corrected chi connectivity index (χ1v) is 8.93. The Morgan fingerprint density at radius 2 is 1.88 bits per heavy atom. The van der Waals surface area contributed by atoms with Crippen LogP contribution in [0.5, 0.6) is 0 Å². The Bertz CT molecular complexity index is 1170. The number of H-pyrrole nitrogens is 2. The number of nitrogens with zero attached hydrogens (tertiary/aromatic N) is 1. The van der Waals surface area contributed by atoms with E-state index in [0.717, 1.165) is 17.0 Å². The molecule has 5 rings (SSSR count). The number of rotatable bonds is 3. The molecule has 0 amide bonds. The van der Waals surface area contributed by atoms with Gasteiger partial charge in [-0.2, -0.15) is 5.10 Å². The predicted octanol–water partition coefficient (Wildman–Crippen LogP) is 3.23. The van der Waals surface area contributed by atoms with Crippen molar-refractivity contribution in [1.82, 2.24) is 15.2 Å². The largest absolute Gasteiger partial charge is 0.393 e. The van der Waals surface area contributed by atoms with Crippen molar-refractivity contribution >= 4 is 21.8 Å². The van der Waals surface area contributed by atoms with E-state index in [4.69, 9.17) is 0 Å². The van der Waals surface area contributed by atoms with Crippen LogP contribution in [-0.4, -0.2) is 26.4 Å². The fourth-order valence-electron chi connectivity index (χ4n) is 3.90. The van der Waals surface area contributed by atoms with Crippen molar-refractivity contribution in [3.63, 3.8) is 0 Å². The molecule has 1 saturated carbocycles. The topological polar surface area (TPSA) is 81.8 Å². The average molecular weight is 345 g/mol. The number of aromatic amines is 2. The van der Waals surface area contributed by atoms with Gasteiger partial charge < -0.3 is 10.1 Å². The Balaban J connectivity index is 1.50. The zero-order chi connectivity index (χ0) is 17.7. The molecule has 0 saturated heterocycles. The molecule has 0 atom stereocenters. The summed E-state index contributed by atoms with van der Waals surface area (Å²) in [5.74, 6) is 0.197. The molecule has 1 fully saturated rings. The molecule has 1 aliphatic rings. The normalized spacial score (nSPS) is 19.7. The molecule has 5 heteroatoms. The van der Waals surface area contributed by atoms with Gasteiger partial charge in [0.1, 0.15) is 0 Å². The highest BCUT2D eigenvalue weighted by atomic mass is 16.3. The van der Waals surface area contributed by atoms with E-state index in [9.17, 15) is 9.90 Å². The first-order valence-electron chi connectivity index (χ1n) is 8.93. The Labute approximate surface area is 149 Å². The SMILES string of the molecule is O=c1cc(Cc2ccc3ccccc3c2)[nH]c2n[nH]c(C3CC(O)C3)c12. The van der Waals surface area contributed by atoms with Gasteiger partial charge in [0.15, 0.2) is 11.1 Å². The molecule has 2 aromatic carbocycles. The summed E-state index contributed by atoms with van der Waals surface area (Å²) >= 11 is 0. The first-order chi connectivity index (χ1) is 12.7. The summed E-state index contributed by atoms with van der Waals surface area (Å²) in [5.41, 5.74) is 3.44. The molecule has 0 bridgehead atoms. The van der Waals surface area contributed by atoms with Crippen LogP contribution in [0.25, 0.3) is 21.8 Å². The lowest BCUT2D eigenvalue weighted by Gasteiger charge is -2.30. The van der Waals surface area contributed by atoms with E-state index in [1.54, 1.807) is 6.07 Å². The molecule has 0 spiro atoms. The molecule has 5 nitrogen and oxygen atoms in total. The number of hydrogen-bond acceptors (Lipinski definition) is 3. The Kier molecular flexibility index (Phi) is 3.43. The van der Waals surface area contributed by atoms with Gasteiger partial charge in [0.25, 0.3) is 0 Å². The van der Waals surface area contributed by atoms with Gasteiger partial charge >= 0.3 is 0 Å². The molecule has 1 aliphatic carbocycles. The molecule has 0 radical (unpaired) electrons. The van der Waals surface area contributed by atoms with Gasteiger partial charge in [0, 0.05) is 24.1 Å². The van der Waals surface area contributed by atoms with Crippen LogP contribution in [0.2, 0.25) is 0 Å². The molecule has 3 N–H and O–H groups in total. The van der Waals surface area contributed by atoms with E-state index < -0.39 is 0 Å². The van der Waals surface area contributed by atoms with Gasteiger partial charge in [-0.3, -0.25) is 9.89 Å². The van der Waals surface area contributed by atoms with E-state index in [-0.39, 0.29) is 17.5 Å². The third-order valence-electron chi connectivity index (χ3n) is 5.35. The summed E-state index contributed by atoms with van der Waals surface area (Å²) in [6.07, 6.45) is 1.77. The zero-order valence-corrected chi connectivity index (χ0v) is 14.2. The van der Waals surface area contributed by atoms with Gasteiger partial charge in [-0.1, -0.05) is 42.5 Å². The van der Waals surface area contributed by atoms with E-state index in [1.165, 1.54) is 10.8 Å². The van der Waals surface area contributed by atoms with Crippen LogP contribution in [0.15, 0.2) is 53.3 Å². The third kappa shape index (κ3) is 2.52. The van der Waals surface area contributed by atoms with Crippen molar-refractivity contribution < 1.29 is 5.11 Å².